The number of amides is 1. The van der Waals surface area contributed by atoms with E-state index in [4.69, 9.17) is 16.3 Å². The van der Waals surface area contributed by atoms with Gasteiger partial charge in [0, 0.05) is 24.2 Å². The average Bonchev–Trinajstić information content (AvgIpc) is 2.60. The van der Waals surface area contributed by atoms with Crippen LogP contribution in [0, 0.1) is 0 Å². The Kier molecular flexibility index (Phi) is 5.12. The van der Waals surface area contributed by atoms with E-state index in [2.05, 4.69) is 4.72 Å². The number of hydrogen-bond acceptors (Lipinski definition) is 5. The van der Waals surface area contributed by atoms with Crippen LogP contribution in [-0.4, -0.2) is 33.3 Å². The van der Waals surface area contributed by atoms with Crippen LogP contribution >= 0.6 is 11.6 Å². The van der Waals surface area contributed by atoms with Crippen molar-refractivity contribution in [3.8, 4) is 5.75 Å². The van der Waals surface area contributed by atoms with Crippen molar-refractivity contribution in [1.82, 2.24) is 0 Å². The Balaban J connectivity index is 1.95. The summed E-state index contributed by atoms with van der Waals surface area (Å²) >= 11 is 6.19. The van der Waals surface area contributed by atoms with Crippen molar-refractivity contribution in [3.63, 3.8) is 0 Å². The molecule has 0 aliphatic carbocycles. The van der Waals surface area contributed by atoms with Crippen LogP contribution in [0.3, 0.4) is 0 Å². The highest BCUT2D eigenvalue weighted by molar-refractivity contribution is 7.92. The van der Waals surface area contributed by atoms with Gasteiger partial charge in [0.05, 0.1) is 17.3 Å². The van der Waals surface area contributed by atoms with Crippen LogP contribution in [0.4, 0.5) is 11.4 Å². The summed E-state index contributed by atoms with van der Waals surface area (Å²) in [6.07, 6.45) is 0. The van der Waals surface area contributed by atoms with Crippen LogP contribution in [-0.2, 0) is 14.8 Å². The van der Waals surface area contributed by atoms with Crippen LogP contribution in [0.25, 0.3) is 0 Å². The molecule has 7 nitrogen and oxygen atoms in total. The molecule has 1 aliphatic rings. The number of carbonyl (C=O) groups is 2. The van der Waals surface area contributed by atoms with E-state index in [-0.39, 0.29) is 34.0 Å². The van der Waals surface area contributed by atoms with Crippen molar-refractivity contribution in [1.29, 1.82) is 0 Å². The topological polar surface area (TPSA) is 92.8 Å². The molecule has 0 saturated carbocycles. The van der Waals surface area contributed by atoms with E-state index >= 15 is 0 Å². The largest absolute Gasteiger partial charge is 0.489 e. The van der Waals surface area contributed by atoms with Crippen molar-refractivity contribution in [2.24, 2.45) is 0 Å². The Morgan fingerprint density at radius 3 is 2.41 bits per heavy atom. The SMILES string of the molecule is CC(=O)c1ccc(NS(=O)(=O)c2cc3c(cc2Cl)N(C(C)=O)CCO3)cc1. The molecule has 0 unspecified atom stereocenters. The quantitative estimate of drug-likeness (QED) is 0.785. The third kappa shape index (κ3) is 3.91. The molecular formula is C18H17ClN2O5S. The lowest BCUT2D eigenvalue weighted by Gasteiger charge is -2.29. The molecule has 0 aromatic heterocycles. The van der Waals surface area contributed by atoms with Crippen LogP contribution in [0.15, 0.2) is 41.3 Å². The Morgan fingerprint density at radius 1 is 1.15 bits per heavy atom. The maximum Gasteiger partial charge on any atom is 0.263 e. The van der Waals surface area contributed by atoms with Gasteiger partial charge in [-0.15, -0.1) is 0 Å². The summed E-state index contributed by atoms with van der Waals surface area (Å²) in [7, 11) is -4.00. The molecule has 1 heterocycles. The molecule has 2 aromatic rings. The second kappa shape index (κ2) is 7.21. The highest BCUT2D eigenvalue weighted by Crippen LogP contribution is 2.38. The second-order valence-electron chi connectivity index (χ2n) is 6.01. The predicted molar refractivity (Wildman–Crippen MR) is 102 cm³/mol. The van der Waals surface area contributed by atoms with Crippen LogP contribution in [0.1, 0.15) is 24.2 Å². The zero-order valence-electron chi connectivity index (χ0n) is 14.7. The van der Waals surface area contributed by atoms with E-state index in [1.807, 2.05) is 0 Å². The zero-order valence-corrected chi connectivity index (χ0v) is 16.2. The molecule has 0 bridgehead atoms. The van der Waals surface area contributed by atoms with Crippen LogP contribution < -0.4 is 14.4 Å². The second-order valence-corrected chi connectivity index (χ2v) is 8.07. The summed E-state index contributed by atoms with van der Waals surface area (Å²) in [5.74, 6) is -0.0302. The Hall–Kier alpha value is -2.58. The van der Waals surface area contributed by atoms with E-state index < -0.39 is 10.0 Å². The van der Waals surface area contributed by atoms with E-state index in [1.54, 1.807) is 0 Å². The van der Waals surface area contributed by atoms with Gasteiger partial charge in [0.1, 0.15) is 17.3 Å². The summed E-state index contributed by atoms with van der Waals surface area (Å²) in [5, 5.41) is -0.0293. The first-order valence-electron chi connectivity index (χ1n) is 8.07. The van der Waals surface area contributed by atoms with Gasteiger partial charge >= 0.3 is 0 Å². The molecule has 0 fully saturated rings. The molecule has 1 N–H and O–H groups in total. The van der Waals surface area contributed by atoms with Gasteiger partial charge in [0.25, 0.3) is 10.0 Å². The molecular weight excluding hydrogens is 392 g/mol. The monoisotopic (exact) mass is 408 g/mol. The third-order valence-electron chi connectivity index (χ3n) is 4.09. The first kappa shape index (κ1) is 19.2. The molecule has 2 aromatic carbocycles. The van der Waals surface area contributed by atoms with E-state index in [1.165, 1.54) is 55.1 Å². The molecule has 0 atom stereocenters. The first-order valence-corrected chi connectivity index (χ1v) is 9.93. The number of nitrogens with one attached hydrogen (secondary N) is 1. The molecule has 1 aliphatic heterocycles. The Bertz CT molecular complexity index is 1020. The lowest BCUT2D eigenvalue weighted by atomic mass is 10.1. The minimum Gasteiger partial charge on any atom is -0.489 e. The fourth-order valence-electron chi connectivity index (χ4n) is 2.73. The van der Waals surface area contributed by atoms with Gasteiger partial charge in [-0.05, 0) is 37.3 Å². The van der Waals surface area contributed by atoms with Gasteiger partial charge in [0.15, 0.2) is 5.78 Å². The number of ketones is 1. The lowest BCUT2D eigenvalue weighted by molar-refractivity contribution is -0.116. The summed E-state index contributed by atoms with van der Waals surface area (Å²) in [6, 6.07) is 8.76. The number of nitrogens with zero attached hydrogens (tertiary/aromatic N) is 1. The third-order valence-corrected chi connectivity index (χ3v) is 5.94. The first-order chi connectivity index (χ1) is 12.7. The normalized spacial score (nSPS) is 13.5. The minimum atomic E-state index is -4.00. The molecule has 0 radical (unpaired) electrons. The number of sulfonamides is 1. The van der Waals surface area contributed by atoms with Gasteiger partial charge in [-0.3, -0.25) is 14.3 Å². The van der Waals surface area contributed by atoms with Gasteiger partial charge in [0.2, 0.25) is 5.91 Å². The Labute approximate surface area is 161 Å². The fourth-order valence-corrected chi connectivity index (χ4v) is 4.33. The van der Waals surface area contributed by atoms with E-state index in [0.717, 1.165) is 0 Å². The van der Waals surface area contributed by atoms with Crippen molar-refractivity contribution in [2.45, 2.75) is 18.7 Å². The molecule has 1 amide bonds. The van der Waals surface area contributed by atoms with Crippen molar-refractivity contribution in [2.75, 3.05) is 22.8 Å². The summed E-state index contributed by atoms with van der Waals surface area (Å²) in [5.41, 5.74) is 1.20. The predicted octanol–water partition coefficient (Wildman–Crippen LogP) is 3.09. The molecule has 9 heteroatoms. The number of hydrogen-bond donors (Lipinski definition) is 1. The molecule has 0 spiro atoms. The average molecular weight is 409 g/mol. The number of carbonyl (C=O) groups excluding carboxylic acids is 2. The summed E-state index contributed by atoms with van der Waals surface area (Å²) < 4.78 is 33.4. The number of fused-ring (bicyclic) bond motifs is 1. The van der Waals surface area contributed by atoms with Crippen LogP contribution in [0.5, 0.6) is 5.75 Å². The minimum absolute atomic E-state index is 0.0293. The fraction of sp³-hybridized carbons (Fsp3) is 0.222. The lowest BCUT2D eigenvalue weighted by Crippen LogP contribution is -2.36. The summed E-state index contributed by atoms with van der Waals surface area (Å²) in [4.78, 5) is 24.4. The number of halogens is 1. The number of benzene rings is 2. The zero-order chi connectivity index (χ0) is 19.8. The summed E-state index contributed by atoms with van der Waals surface area (Å²) in [6.45, 7) is 3.47. The number of Topliss-reactive ketones (excluding diaryl/α,β-unsaturated/α-hetero) is 1. The van der Waals surface area contributed by atoms with E-state index in [9.17, 15) is 18.0 Å². The van der Waals surface area contributed by atoms with Gasteiger partial charge in [-0.2, -0.15) is 0 Å². The van der Waals surface area contributed by atoms with Gasteiger partial charge in [-0.1, -0.05) is 11.6 Å². The standard InChI is InChI=1S/C18H17ClN2O5S/c1-11(22)13-3-5-14(6-4-13)20-27(24,25)18-10-17-16(9-15(18)19)21(12(2)23)7-8-26-17/h3-6,9-10,20H,7-8H2,1-2H3. The molecule has 142 valence electrons. The van der Waals surface area contributed by atoms with Crippen molar-refractivity contribution in [3.05, 3.63) is 47.0 Å². The molecule has 0 saturated heterocycles. The van der Waals surface area contributed by atoms with E-state index in [0.29, 0.717) is 23.5 Å². The maximum absolute atomic E-state index is 12.7. The van der Waals surface area contributed by atoms with Crippen molar-refractivity contribution >= 4 is 44.7 Å². The Morgan fingerprint density at radius 2 is 1.81 bits per heavy atom. The maximum atomic E-state index is 12.7. The number of anilines is 2. The number of ether oxygens (including phenoxy) is 1. The smallest absolute Gasteiger partial charge is 0.263 e. The molecule has 3 rings (SSSR count). The van der Waals surface area contributed by atoms with Crippen LogP contribution in [0.2, 0.25) is 5.02 Å². The van der Waals surface area contributed by atoms with Gasteiger partial charge < -0.3 is 9.64 Å². The number of rotatable bonds is 4. The highest BCUT2D eigenvalue weighted by atomic mass is 35.5. The van der Waals surface area contributed by atoms with Crippen molar-refractivity contribution < 1.29 is 22.7 Å². The van der Waals surface area contributed by atoms with Gasteiger partial charge in [-0.25, -0.2) is 8.42 Å². The highest BCUT2D eigenvalue weighted by Gasteiger charge is 2.27. The molecule has 27 heavy (non-hydrogen) atoms.